The van der Waals surface area contributed by atoms with Crippen molar-refractivity contribution in [2.45, 2.75) is 26.7 Å². The maximum Gasteiger partial charge on any atom is 0.282 e. The monoisotopic (exact) mass is 298 g/mol. The van der Waals surface area contributed by atoms with Crippen LogP contribution < -0.4 is 5.32 Å². The third-order valence-corrected chi connectivity index (χ3v) is 3.54. The van der Waals surface area contributed by atoms with Gasteiger partial charge >= 0.3 is 0 Å². The molecule has 0 aliphatic carbocycles. The number of nitro groups is 1. The molecule has 0 aromatic heterocycles. The molecule has 110 valence electrons. The minimum atomic E-state index is -0.530. The van der Waals surface area contributed by atoms with E-state index in [0.717, 1.165) is 12.8 Å². The molecule has 0 aliphatic heterocycles. The van der Waals surface area contributed by atoms with Crippen LogP contribution in [0.2, 0.25) is 0 Å². The Morgan fingerprint density at radius 2 is 2.20 bits per heavy atom. The fourth-order valence-corrected chi connectivity index (χ4v) is 2.34. The van der Waals surface area contributed by atoms with Crippen molar-refractivity contribution in [3.05, 3.63) is 39.4 Å². The lowest BCUT2D eigenvalue weighted by molar-refractivity contribution is -0.385. The lowest BCUT2D eigenvalue weighted by Crippen LogP contribution is -2.30. The van der Waals surface area contributed by atoms with E-state index >= 15 is 0 Å². The first kappa shape index (κ1) is 16.4. The largest absolute Gasteiger partial charge is 0.352 e. The van der Waals surface area contributed by atoms with E-state index in [-0.39, 0.29) is 11.3 Å². The average Bonchev–Trinajstić information content (AvgIpc) is 2.42. The van der Waals surface area contributed by atoms with E-state index in [1.807, 2.05) is 6.92 Å². The first-order valence-electron chi connectivity index (χ1n) is 6.59. The van der Waals surface area contributed by atoms with Gasteiger partial charge in [0.25, 0.3) is 11.6 Å². The zero-order valence-corrected chi connectivity index (χ0v) is 12.4. The van der Waals surface area contributed by atoms with Crippen LogP contribution in [0.4, 0.5) is 5.69 Å². The molecule has 0 radical (unpaired) electrons. The van der Waals surface area contributed by atoms with Crippen LogP contribution in [-0.4, -0.2) is 23.3 Å². The number of hydrogen-bond acceptors (Lipinski definition) is 3. The van der Waals surface area contributed by atoms with Crippen molar-refractivity contribution in [2.75, 3.05) is 12.4 Å². The zero-order chi connectivity index (χ0) is 15.1. The number of nitro benzene ring substituents is 1. The highest BCUT2D eigenvalue weighted by atomic mass is 35.5. The van der Waals surface area contributed by atoms with Gasteiger partial charge in [0.1, 0.15) is 5.56 Å². The predicted molar refractivity (Wildman–Crippen MR) is 79.3 cm³/mol. The maximum atomic E-state index is 12.2. The number of halogens is 1. The summed E-state index contributed by atoms with van der Waals surface area (Å²) in [6, 6.07) is 4.61. The molecule has 0 saturated heterocycles. The molecule has 1 aromatic carbocycles. The van der Waals surface area contributed by atoms with Crippen molar-refractivity contribution in [3.63, 3.8) is 0 Å². The quantitative estimate of drug-likeness (QED) is 0.477. The van der Waals surface area contributed by atoms with Crippen LogP contribution in [0.25, 0.3) is 0 Å². The molecule has 1 rings (SSSR count). The van der Waals surface area contributed by atoms with Crippen LogP contribution in [0.5, 0.6) is 0 Å². The Morgan fingerprint density at radius 3 is 2.75 bits per heavy atom. The number of nitrogens with one attached hydrogen (secondary N) is 1. The molecule has 1 aromatic rings. The molecule has 5 nitrogen and oxygen atoms in total. The van der Waals surface area contributed by atoms with Gasteiger partial charge in [-0.05, 0) is 24.8 Å². The summed E-state index contributed by atoms with van der Waals surface area (Å²) >= 11 is 5.70. The normalized spacial score (nSPS) is 11.9. The summed E-state index contributed by atoms with van der Waals surface area (Å²) in [6.07, 6.45) is 1.72. The second-order valence-corrected chi connectivity index (χ2v) is 5.07. The molecular formula is C14H19ClN2O3. The number of carbonyl (C=O) groups excluding carboxylic acids is 1. The number of hydrogen-bond donors (Lipinski definition) is 1. The van der Waals surface area contributed by atoms with Crippen molar-refractivity contribution >= 4 is 23.2 Å². The number of alkyl halides is 1. The summed E-state index contributed by atoms with van der Waals surface area (Å²) in [5.74, 6) is 0.432. The summed E-state index contributed by atoms with van der Waals surface area (Å²) in [5, 5.41) is 13.8. The van der Waals surface area contributed by atoms with Crippen LogP contribution >= 0.6 is 11.6 Å². The SMILES string of the molecule is CCC(CCCl)CNC(=O)c1c(C)cccc1[N+](=O)[O-]. The van der Waals surface area contributed by atoms with Gasteiger partial charge in [0, 0.05) is 18.5 Å². The molecule has 0 fully saturated rings. The van der Waals surface area contributed by atoms with E-state index in [9.17, 15) is 14.9 Å². The average molecular weight is 299 g/mol. The minimum absolute atomic E-state index is 0.137. The highest BCUT2D eigenvalue weighted by Gasteiger charge is 2.22. The van der Waals surface area contributed by atoms with Gasteiger partial charge in [-0.1, -0.05) is 25.5 Å². The van der Waals surface area contributed by atoms with Crippen molar-refractivity contribution < 1.29 is 9.72 Å². The Hall–Kier alpha value is -1.62. The Labute approximate surface area is 123 Å². The van der Waals surface area contributed by atoms with Crippen molar-refractivity contribution in [1.29, 1.82) is 0 Å². The molecule has 0 heterocycles. The topological polar surface area (TPSA) is 72.2 Å². The molecule has 1 unspecified atom stereocenters. The number of rotatable bonds is 7. The Kier molecular flexibility index (Phi) is 6.45. The van der Waals surface area contributed by atoms with Crippen molar-refractivity contribution in [2.24, 2.45) is 5.92 Å². The van der Waals surface area contributed by atoms with Crippen LogP contribution in [0.3, 0.4) is 0 Å². The molecule has 0 spiro atoms. The first-order valence-corrected chi connectivity index (χ1v) is 7.12. The molecule has 0 aliphatic rings. The van der Waals surface area contributed by atoms with Crippen LogP contribution in [0, 0.1) is 23.0 Å². The van der Waals surface area contributed by atoms with Crippen LogP contribution in [0.15, 0.2) is 18.2 Å². The minimum Gasteiger partial charge on any atom is -0.352 e. The highest BCUT2D eigenvalue weighted by Crippen LogP contribution is 2.21. The molecule has 0 saturated carbocycles. The standard InChI is InChI=1S/C14H19ClN2O3/c1-3-11(7-8-15)9-16-14(18)13-10(2)5-4-6-12(13)17(19)20/h4-6,11H,3,7-9H2,1-2H3,(H,16,18). The maximum absolute atomic E-state index is 12.2. The van der Waals surface area contributed by atoms with E-state index in [0.29, 0.717) is 23.9 Å². The molecule has 1 amide bonds. The zero-order valence-electron chi connectivity index (χ0n) is 11.7. The van der Waals surface area contributed by atoms with Crippen molar-refractivity contribution in [3.8, 4) is 0 Å². The van der Waals surface area contributed by atoms with E-state index in [1.54, 1.807) is 19.1 Å². The second kappa shape index (κ2) is 7.85. The molecule has 6 heteroatoms. The van der Waals surface area contributed by atoms with Gasteiger partial charge in [0.05, 0.1) is 4.92 Å². The predicted octanol–water partition coefficient (Wildman–Crippen LogP) is 3.29. The van der Waals surface area contributed by atoms with Gasteiger partial charge in [-0.25, -0.2) is 0 Å². The summed E-state index contributed by atoms with van der Waals surface area (Å²) in [7, 11) is 0. The van der Waals surface area contributed by atoms with Gasteiger partial charge in [-0.2, -0.15) is 0 Å². The number of aryl methyl sites for hydroxylation is 1. The van der Waals surface area contributed by atoms with Gasteiger partial charge in [-0.3, -0.25) is 14.9 Å². The van der Waals surface area contributed by atoms with E-state index < -0.39 is 10.8 Å². The summed E-state index contributed by atoms with van der Waals surface area (Å²) in [4.78, 5) is 22.6. The third-order valence-electron chi connectivity index (χ3n) is 3.32. The Balaban J connectivity index is 2.85. The van der Waals surface area contributed by atoms with Gasteiger partial charge in [0.15, 0.2) is 0 Å². The number of amides is 1. The Bertz CT molecular complexity index is 491. The molecular weight excluding hydrogens is 280 g/mol. The third kappa shape index (κ3) is 4.20. The first-order chi connectivity index (χ1) is 9.51. The fraction of sp³-hybridized carbons (Fsp3) is 0.500. The molecule has 1 atom stereocenters. The van der Waals surface area contributed by atoms with Gasteiger partial charge < -0.3 is 5.32 Å². The molecule has 1 N–H and O–H groups in total. The smallest absolute Gasteiger partial charge is 0.282 e. The lowest BCUT2D eigenvalue weighted by atomic mass is 10.0. The van der Waals surface area contributed by atoms with E-state index in [1.165, 1.54) is 6.07 Å². The van der Waals surface area contributed by atoms with Crippen LogP contribution in [-0.2, 0) is 0 Å². The second-order valence-electron chi connectivity index (χ2n) is 4.69. The molecule has 0 bridgehead atoms. The molecule has 20 heavy (non-hydrogen) atoms. The van der Waals surface area contributed by atoms with Crippen molar-refractivity contribution in [1.82, 2.24) is 5.32 Å². The Morgan fingerprint density at radius 1 is 1.50 bits per heavy atom. The number of nitrogens with zero attached hydrogens (tertiary/aromatic N) is 1. The number of benzene rings is 1. The summed E-state index contributed by atoms with van der Waals surface area (Å²) in [6.45, 7) is 4.20. The van der Waals surface area contributed by atoms with Crippen LogP contribution in [0.1, 0.15) is 35.7 Å². The number of carbonyl (C=O) groups is 1. The fourth-order valence-electron chi connectivity index (χ4n) is 2.03. The summed E-state index contributed by atoms with van der Waals surface area (Å²) < 4.78 is 0. The highest BCUT2D eigenvalue weighted by molar-refractivity contribution is 6.17. The lowest BCUT2D eigenvalue weighted by Gasteiger charge is -2.14. The van der Waals surface area contributed by atoms with Gasteiger partial charge in [-0.15, -0.1) is 11.6 Å². The van der Waals surface area contributed by atoms with Gasteiger partial charge in [0.2, 0.25) is 0 Å². The van der Waals surface area contributed by atoms with E-state index in [4.69, 9.17) is 11.6 Å². The summed E-state index contributed by atoms with van der Waals surface area (Å²) in [5.41, 5.74) is 0.577. The van der Waals surface area contributed by atoms with E-state index in [2.05, 4.69) is 5.32 Å².